The van der Waals surface area contributed by atoms with E-state index in [1.54, 1.807) is 14.2 Å². The van der Waals surface area contributed by atoms with Crippen molar-refractivity contribution in [3.05, 3.63) is 60.7 Å². The molecule has 0 atom stereocenters. The monoisotopic (exact) mass is 264 g/mol. The van der Waals surface area contributed by atoms with Crippen LogP contribution in [0.15, 0.2) is 60.7 Å². The molecule has 0 heterocycles. The van der Waals surface area contributed by atoms with Gasteiger partial charge in [0, 0.05) is 11.1 Å². The maximum absolute atomic E-state index is 5.55. The molecule has 0 unspecified atom stereocenters. The molecule has 100 valence electrons. The lowest BCUT2D eigenvalue weighted by molar-refractivity contribution is 0.410. The highest BCUT2D eigenvalue weighted by molar-refractivity contribution is 6.01. The Kier molecular flexibility index (Phi) is 3.30. The van der Waals surface area contributed by atoms with Crippen LogP contribution in [0.3, 0.4) is 0 Å². The van der Waals surface area contributed by atoms with Gasteiger partial charge in [0.1, 0.15) is 11.5 Å². The molecule has 3 aromatic rings. The van der Waals surface area contributed by atoms with E-state index < -0.39 is 0 Å². The van der Waals surface area contributed by atoms with Gasteiger partial charge >= 0.3 is 0 Å². The first-order valence-electron chi connectivity index (χ1n) is 6.54. The third-order valence-electron chi connectivity index (χ3n) is 3.49. The first kappa shape index (κ1) is 12.5. The number of para-hydroxylation sites is 1. The van der Waals surface area contributed by atoms with E-state index in [9.17, 15) is 0 Å². The van der Waals surface area contributed by atoms with Gasteiger partial charge in [-0.15, -0.1) is 0 Å². The largest absolute Gasteiger partial charge is 0.496 e. The molecular formula is C18H16O2. The van der Waals surface area contributed by atoms with Crippen molar-refractivity contribution in [1.29, 1.82) is 0 Å². The minimum absolute atomic E-state index is 0.849. The predicted octanol–water partition coefficient (Wildman–Crippen LogP) is 4.52. The molecule has 2 heteroatoms. The molecule has 0 aliphatic carbocycles. The number of rotatable bonds is 3. The van der Waals surface area contributed by atoms with Gasteiger partial charge < -0.3 is 9.47 Å². The molecule has 20 heavy (non-hydrogen) atoms. The zero-order chi connectivity index (χ0) is 13.9. The standard InChI is InChI=1S/C18H16O2/c1-19-16-10-6-5-9-15(16)18-14-8-4-3-7-13(14)11-12-17(18)20-2/h3-12H,1-2H3. The number of methoxy groups -OCH3 is 2. The summed E-state index contributed by atoms with van der Waals surface area (Å²) < 4.78 is 11.0. The normalized spacial score (nSPS) is 10.5. The van der Waals surface area contributed by atoms with Crippen molar-refractivity contribution in [3.63, 3.8) is 0 Å². The fourth-order valence-electron chi connectivity index (χ4n) is 2.55. The van der Waals surface area contributed by atoms with Crippen LogP contribution in [0.1, 0.15) is 0 Å². The summed E-state index contributed by atoms with van der Waals surface area (Å²) in [6, 6.07) is 20.4. The molecule has 2 nitrogen and oxygen atoms in total. The summed E-state index contributed by atoms with van der Waals surface area (Å²) in [6.45, 7) is 0. The average Bonchev–Trinajstić information content (AvgIpc) is 2.53. The van der Waals surface area contributed by atoms with Gasteiger partial charge in [-0.3, -0.25) is 0 Å². The van der Waals surface area contributed by atoms with E-state index in [2.05, 4.69) is 24.3 Å². The van der Waals surface area contributed by atoms with Crippen LogP contribution >= 0.6 is 0 Å². The third-order valence-corrected chi connectivity index (χ3v) is 3.49. The number of benzene rings is 3. The molecule has 0 saturated heterocycles. The third kappa shape index (κ3) is 1.99. The molecule has 0 fully saturated rings. The van der Waals surface area contributed by atoms with Crippen LogP contribution in [0.2, 0.25) is 0 Å². The first-order chi connectivity index (χ1) is 9.85. The molecule has 0 saturated carbocycles. The SMILES string of the molecule is COc1ccccc1-c1c(OC)ccc2ccccc12. The minimum atomic E-state index is 0.849. The number of fused-ring (bicyclic) bond motifs is 1. The molecule has 0 aromatic heterocycles. The molecule has 0 N–H and O–H groups in total. The molecule has 0 aliphatic rings. The Labute approximate surface area is 118 Å². The van der Waals surface area contributed by atoms with Crippen molar-refractivity contribution in [2.45, 2.75) is 0 Å². The van der Waals surface area contributed by atoms with Crippen LogP contribution < -0.4 is 9.47 Å². The molecule has 0 bridgehead atoms. The van der Waals surface area contributed by atoms with E-state index in [1.807, 2.05) is 36.4 Å². The van der Waals surface area contributed by atoms with Crippen LogP contribution in [-0.2, 0) is 0 Å². The van der Waals surface area contributed by atoms with Crippen molar-refractivity contribution < 1.29 is 9.47 Å². The Morgan fingerprint density at radius 2 is 1.35 bits per heavy atom. The summed E-state index contributed by atoms with van der Waals surface area (Å²) in [5.41, 5.74) is 2.12. The van der Waals surface area contributed by atoms with Crippen LogP contribution in [0.4, 0.5) is 0 Å². The second-order valence-electron chi connectivity index (χ2n) is 4.56. The minimum Gasteiger partial charge on any atom is -0.496 e. The van der Waals surface area contributed by atoms with E-state index in [-0.39, 0.29) is 0 Å². The van der Waals surface area contributed by atoms with Gasteiger partial charge in [0.15, 0.2) is 0 Å². The van der Waals surface area contributed by atoms with E-state index in [0.717, 1.165) is 28.0 Å². The summed E-state index contributed by atoms with van der Waals surface area (Å²) in [5.74, 6) is 1.70. The molecule has 3 aromatic carbocycles. The van der Waals surface area contributed by atoms with Gasteiger partial charge in [-0.2, -0.15) is 0 Å². The molecule has 3 rings (SSSR count). The zero-order valence-corrected chi connectivity index (χ0v) is 11.6. The zero-order valence-electron chi connectivity index (χ0n) is 11.6. The van der Waals surface area contributed by atoms with E-state index in [4.69, 9.17) is 9.47 Å². The fourth-order valence-corrected chi connectivity index (χ4v) is 2.55. The summed E-state index contributed by atoms with van der Waals surface area (Å²) in [6.07, 6.45) is 0. The van der Waals surface area contributed by atoms with Crippen molar-refractivity contribution >= 4 is 10.8 Å². The van der Waals surface area contributed by atoms with Gasteiger partial charge in [-0.25, -0.2) is 0 Å². The van der Waals surface area contributed by atoms with Gasteiger partial charge in [-0.1, -0.05) is 48.5 Å². The van der Waals surface area contributed by atoms with Crippen LogP contribution in [-0.4, -0.2) is 14.2 Å². The molecule has 0 amide bonds. The van der Waals surface area contributed by atoms with Gasteiger partial charge in [0.2, 0.25) is 0 Å². The van der Waals surface area contributed by atoms with E-state index in [0.29, 0.717) is 0 Å². The molecule has 0 aliphatic heterocycles. The predicted molar refractivity (Wildman–Crippen MR) is 82.5 cm³/mol. The van der Waals surface area contributed by atoms with Crippen LogP contribution in [0.25, 0.3) is 21.9 Å². The highest BCUT2D eigenvalue weighted by Gasteiger charge is 2.14. The molecule has 0 radical (unpaired) electrons. The Hall–Kier alpha value is -2.48. The highest BCUT2D eigenvalue weighted by Crippen LogP contribution is 2.41. The van der Waals surface area contributed by atoms with Gasteiger partial charge in [-0.05, 0) is 22.9 Å². The topological polar surface area (TPSA) is 18.5 Å². The maximum Gasteiger partial charge on any atom is 0.127 e. The van der Waals surface area contributed by atoms with Crippen molar-refractivity contribution in [3.8, 4) is 22.6 Å². The highest BCUT2D eigenvalue weighted by atomic mass is 16.5. The summed E-state index contributed by atoms with van der Waals surface area (Å²) >= 11 is 0. The Balaban J connectivity index is 2.39. The second-order valence-corrected chi connectivity index (χ2v) is 4.56. The Morgan fingerprint density at radius 3 is 2.15 bits per heavy atom. The number of ether oxygens (including phenoxy) is 2. The smallest absolute Gasteiger partial charge is 0.127 e. The Bertz CT molecular complexity index is 747. The fraction of sp³-hybridized carbons (Fsp3) is 0.111. The molecular weight excluding hydrogens is 248 g/mol. The van der Waals surface area contributed by atoms with Gasteiger partial charge in [0.25, 0.3) is 0 Å². The van der Waals surface area contributed by atoms with Gasteiger partial charge in [0.05, 0.1) is 14.2 Å². The van der Waals surface area contributed by atoms with E-state index in [1.165, 1.54) is 5.39 Å². The lowest BCUT2D eigenvalue weighted by atomic mass is 9.96. The average molecular weight is 264 g/mol. The summed E-state index contributed by atoms with van der Waals surface area (Å²) in [7, 11) is 3.39. The molecule has 0 spiro atoms. The quantitative estimate of drug-likeness (QED) is 0.692. The Morgan fingerprint density at radius 1 is 0.650 bits per heavy atom. The lowest BCUT2D eigenvalue weighted by Crippen LogP contribution is -1.92. The van der Waals surface area contributed by atoms with Crippen molar-refractivity contribution in [1.82, 2.24) is 0 Å². The maximum atomic E-state index is 5.55. The summed E-state index contributed by atoms with van der Waals surface area (Å²) in [5, 5.41) is 2.35. The van der Waals surface area contributed by atoms with Crippen molar-refractivity contribution in [2.24, 2.45) is 0 Å². The number of hydrogen-bond donors (Lipinski definition) is 0. The van der Waals surface area contributed by atoms with Crippen molar-refractivity contribution in [2.75, 3.05) is 14.2 Å². The summed E-state index contributed by atoms with van der Waals surface area (Å²) in [4.78, 5) is 0. The number of hydrogen-bond acceptors (Lipinski definition) is 2. The first-order valence-corrected chi connectivity index (χ1v) is 6.54. The lowest BCUT2D eigenvalue weighted by Gasteiger charge is -2.15. The van der Waals surface area contributed by atoms with Crippen LogP contribution in [0.5, 0.6) is 11.5 Å². The second kappa shape index (κ2) is 5.25. The van der Waals surface area contributed by atoms with E-state index >= 15 is 0 Å². The van der Waals surface area contributed by atoms with Crippen LogP contribution in [0, 0.1) is 0 Å².